The largest absolute Gasteiger partial charge is 0.388 e. The van der Waals surface area contributed by atoms with E-state index < -0.39 is 36.3 Å². The molecule has 0 bridgehead atoms. The molecule has 0 aliphatic carbocycles. The highest BCUT2D eigenvalue weighted by Crippen LogP contribution is 2.14. The Bertz CT molecular complexity index is 374. The molecule has 1 fully saturated rings. The second-order valence-electron chi connectivity index (χ2n) is 3.56. The number of nitriles is 2. The van der Waals surface area contributed by atoms with Crippen LogP contribution in [0.5, 0.6) is 0 Å². The second-order valence-corrected chi connectivity index (χ2v) is 3.56. The zero-order chi connectivity index (χ0) is 13.0. The van der Waals surface area contributed by atoms with E-state index >= 15 is 0 Å². The Morgan fingerprint density at radius 3 is 2.53 bits per heavy atom. The smallest absolute Gasteiger partial charge is 0.150 e. The van der Waals surface area contributed by atoms with Crippen LogP contribution < -0.4 is 5.32 Å². The first-order valence-corrected chi connectivity index (χ1v) is 4.81. The molecule has 1 aliphatic heterocycles. The Labute approximate surface area is 97.2 Å². The molecule has 0 spiro atoms. The van der Waals surface area contributed by atoms with Crippen LogP contribution in [0.25, 0.3) is 0 Å². The van der Waals surface area contributed by atoms with Gasteiger partial charge in [-0.05, 0) is 0 Å². The van der Waals surface area contributed by atoms with E-state index in [9.17, 15) is 15.3 Å². The number of hydrogen-bond donors (Lipinski definition) is 5. The molecule has 1 saturated heterocycles. The zero-order valence-corrected chi connectivity index (χ0v) is 8.74. The first-order chi connectivity index (χ1) is 8.01. The molecule has 0 saturated carbocycles. The summed E-state index contributed by atoms with van der Waals surface area (Å²) >= 11 is 0. The normalized spacial score (nSPS) is 34.4. The average molecular weight is 240 g/mol. The molecule has 17 heavy (non-hydrogen) atoms. The van der Waals surface area contributed by atoms with Crippen LogP contribution in [-0.2, 0) is 4.74 Å². The van der Waals surface area contributed by atoms with Crippen molar-refractivity contribution in [3.8, 4) is 12.1 Å². The molecule has 8 heteroatoms. The minimum absolute atomic E-state index is 0.214. The van der Waals surface area contributed by atoms with Gasteiger partial charge in [-0.3, -0.25) is 10.7 Å². The molecule has 0 aromatic rings. The summed E-state index contributed by atoms with van der Waals surface area (Å²) in [5.74, 6) is 0. The summed E-state index contributed by atoms with van der Waals surface area (Å²) < 4.78 is 4.97. The molecule has 1 heterocycles. The van der Waals surface area contributed by atoms with Crippen LogP contribution in [0.2, 0.25) is 0 Å². The lowest BCUT2D eigenvalue weighted by Gasteiger charge is -2.36. The van der Waals surface area contributed by atoms with Crippen molar-refractivity contribution in [2.24, 2.45) is 0 Å². The number of nitrogens with one attached hydrogen (secondary N) is 2. The molecular weight excluding hydrogens is 228 g/mol. The quantitative estimate of drug-likeness (QED) is 0.340. The fraction of sp³-hybridized carbons (Fsp3) is 0.667. The van der Waals surface area contributed by atoms with E-state index in [1.807, 2.05) is 0 Å². The van der Waals surface area contributed by atoms with Gasteiger partial charge in [-0.15, -0.1) is 0 Å². The van der Waals surface area contributed by atoms with E-state index in [1.54, 1.807) is 6.07 Å². The van der Waals surface area contributed by atoms with Gasteiger partial charge in [0.05, 0.1) is 12.7 Å². The maximum Gasteiger partial charge on any atom is 0.150 e. The number of rotatable bonds is 3. The Morgan fingerprint density at radius 1 is 1.35 bits per heavy atom. The summed E-state index contributed by atoms with van der Waals surface area (Å²) in [5, 5.41) is 54.9. The van der Waals surface area contributed by atoms with E-state index in [2.05, 4.69) is 5.32 Å². The first-order valence-electron chi connectivity index (χ1n) is 4.81. The van der Waals surface area contributed by atoms with Crippen LogP contribution in [0.3, 0.4) is 0 Å². The van der Waals surface area contributed by atoms with Crippen molar-refractivity contribution in [2.45, 2.75) is 30.6 Å². The maximum absolute atomic E-state index is 9.55. The van der Waals surface area contributed by atoms with Gasteiger partial charge >= 0.3 is 0 Å². The molecule has 0 aromatic heterocycles. The number of ether oxygens (including phenoxy) is 1. The van der Waals surface area contributed by atoms with Crippen LogP contribution in [0, 0.1) is 28.1 Å². The van der Waals surface area contributed by atoms with Crippen LogP contribution >= 0.6 is 0 Å². The van der Waals surface area contributed by atoms with Gasteiger partial charge in [-0.25, -0.2) is 0 Å². The summed E-state index contributed by atoms with van der Waals surface area (Å²) in [6, 6.07) is 1.91. The first kappa shape index (κ1) is 13.5. The van der Waals surface area contributed by atoms with Gasteiger partial charge in [0.1, 0.15) is 42.4 Å². The van der Waals surface area contributed by atoms with Gasteiger partial charge < -0.3 is 20.1 Å². The third kappa shape index (κ3) is 2.97. The minimum atomic E-state index is -1.44. The van der Waals surface area contributed by atoms with Gasteiger partial charge in [-0.2, -0.15) is 10.5 Å². The summed E-state index contributed by atoms with van der Waals surface area (Å²) in [7, 11) is 0. The van der Waals surface area contributed by atoms with Crippen molar-refractivity contribution in [3.63, 3.8) is 0 Å². The van der Waals surface area contributed by atoms with Crippen LogP contribution in [0.1, 0.15) is 0 Å². The van der Waals surface area contributed by atoms with Gasteiger partial charge in [0.2, 0.25) is 0 Å². The minimum Gasteiger partial charge on any atom is -0.388 e. The van der Waals surface area contributed by atoms with Crippen molar-refractivity contribution in [2.75, 3.05) is 6.61 Å². The Kier molecular flexibility index (Phi) is 4.52. The number of aliphatic hydroxyl groups excluding tert-OH is 3. The lowest BCUT2D eigenvalue weighted by Crippen LogP contribution is -2.60. The fourth-order valence-electron chi connectivity index (χ4n) is 1.37. The molecule has 5 N–H and O–H groups in total. The summed E-state index contributed by atoms with van der Waals surface area (Å²) in [6.07, 6.45) is -5.18. The van der Waals surface area contributed by atoms with E-state index in [-0.39, 0.29) is 6.61 Å². The highest BCUT2D eigenvalue weighted by atomic mass is 16.5. The van der Waals surface area contributed by atoms with E-state index in [1.165, 1.54) is 6.07 Å². The molecule has 1 rings (SSSR count). The molecule has 1 aliphatic rings. The van der Waals surface area contributed by atoms with E-state index in [4.69, 9.17) is 20.7 Å². The standard InChI is InChI=1S/C9H12N4O4/c10-1-4(12)5(2-11)13-9-8(16)7(15)6(14)3-17-9/h5-9,12-16H,3H2/t5-,6+,7+,8+,9+/m0/s1. The van der Waals surface area contributed by atoms with Gasteiger partial charge in [0.15, 0.2) is 0 Å². The van der Waals surface area contributed by atoms with Crippen molar-refractivity contribution >= 4 is 5.71 Å². The molecule has 0 amide bonds. The molecule has 5 atom stereocenters. The number of hydrogen-bond acceptors (Lipinski definition) is 8. The van der Waals surface area contributed by atoms with E-state index in [0.29, 0.717) is 0 Å². The van der Waals surface area contributed by atoms with Crippen molar-refractivity contribution in [1.82, 2.24) is 5.32 Å². The van der Waals surface area contributed by atoms with Gasteiger partial charge in [0.25, 0.3) is 0 Å². The fourth-order valence-corrected chi connectivity index (χ4v) is 1.37. The lowest BCUT2D eigenvalue weighted by molar-refractivity contribution is -0.195. The molecular formula is C9H12N4O4. The number of aliphatic hydroxyl groups is 3. The maximum atomic E-state index is 9.55. The third-order valence-corrected chi connectivity index (χ3v) is 2.37. The summed E-state index contributed by atoms with van der Waals surface area (Å²) in [4.78, 5) is 0. The van der Waals surface area contributed by atoms with Crippen molar-refractivity contribution in [3.05, 3.63) is 0 Å². The molecule has 8 nitrogen and oxygen atoms in total. The third-order valence-electron chi connectivity index (χ3n) is 2.37. The Balaban J connectivity index is 2.66. The summed E-state index contributed by atoms with van der Waals surface area (Å²) in [6.45, 7) is -0.214. The lowest BCUT2D eigenvalue weighted by atomic mass is 10.0. The van der Waals surface area contributed by atoms with E-state index in [0.717, 1.165) is 0 Å². The SMILES string of the molecule is N#CC(=N)[C@H](C#N)N[C@@H]1OC[C@@H](O)[C@@H](O)[C@H]1O. The average Bonchev–Trinajstić information content (AvgIpc) is 2.34. The van der Waals surface area contributed by atoms with Gasteiger partial charge in [-0.1, -0.05) is 0 Å². The van der Waals surface area contributed by atoms with Crippen LogP contribution in [0.4, 0.5) is 0 Å². The molecule has 0 aromatic carbocycles. The predicted octanol–water partition coefficient (Wildman–Crippen LogP) is -2.55. The molecule has 0 radical (unpaired) electrons. The summed E-state index contributed by atoms with van der Waals surface area (Å²) in [5.41, 5.74) is -0.524. The van der Waals surface area contributed by atoms with Crippen LogP contribution in [-0.4, -0.2) is 58.2 Å². The monoisotopic (exact) mass is 240 g/mol. The topological polar surface area (TPSA) is 153 Å². The number of nitrogens with zero attached hydrogens (tertiary/aromatic N) is 2. The Morgan fingerprint density at radius 2 is 2.00 bits per heavy atom. The van der Waals surface area contributed by atoms with Crippen LogP contribution in [0.15, 0.2) is 0 Å². The van der Waals surface area contributed by atoms with Gasteiger partial charge in [0, 0.05) is 0 Å². The predicted molar refractivity (Wildman–Crippen MR) is 53.6 cm³/mol. The second kappa shape index (κ2) is 5.68. The molecule has 0 unspecified atom stereocenters. The Hall–Kier alpha value is -1.55. The zero-order valence-electron chi connectivity index (χ0n) is 8.74. The van der Waals surface area contributed by atoms with Crippen molar-refractivity contribution < 1.29 is 20.1 Å². The highest BCUT2D eigenvalue weighted by molar-refractivity contribution is 6.01. The highest BCUT2D eigenvalue weighted by Gasteiger charge is 2.38. The van der Waals surface area contributed by atoms with Crippen molar-refractivity contribution in [1.29, 1.82) is 15.9 Å². The molecule has 92 valence electrons.